The molecular weight excluding hydrogens is 236 g/mol. The minimum Gasteiger partial charge on any atom is -0.348 e. The molecule has 2 rings (SSSR count). The molecule has 1 amide bonds. The normalized spacial score (nSPS) is 10.5. The molecule has 19 heavy (non-hydrogen) atoms. The highest BCUT2D eigenvalue weighted by molar-refractivity contribution is 5.94. The molecule has 1 aromatic carbocycles. The third-order valence-electron chi connectivity index (χ3n) is 2.99. The van der Waals surface area contributed by atoms with Crippen LogP contribution in [0, 0.1) is 0 Å². The molecule has 0 unspecified atom stereocenters. The summed E-state index contributed by atoms with van der Waals surface area (Å²) in [6, 6.07) is 11.6. The van der Waals surface area contributed by atoms with E-state index in [2.05, 4.69) is 24.1 Å². The van der Waals surface area contributed by atoms with Gasteiger partial charge in [-0.05, 0) is 35.2 Å². The molecule has 0 aliphatic heterocycles. The van der Waals surface area contributed by atoms with Crippen LogP contribution in [-0.2, 0) is 6.54 Å². The van der Waals surface area contributed by atoms with E-state index in [4.69, 9.17) is 0 Å². The minimum atomic E-state index is -0.0497. The van der Waals surface area contributed by atoms with Crippen LogP contribution in [0.15, 0.2) is 48.8 Å². The third-order valence-corrected chi connectivity index (χ3v) is 2.99. The first-order valence-corrected chi connectivity index (χ1v) is 6.44. The van der Waals surface area contributed by atoms with Crippen molar-refractivity contribution < 1.29 is 4.79 Å². The molecule has 1 heterocycles. The van der Waals surface area contributed by atoms with Crippen molar-refractivity contribution in [3.63, 3.8) is 0 Å². The van der Waals surface area contributed by atoms with Gasteiger partial charge in [0, 0.05) is 24.5 Å². The van der Waals surface area contributed by atoms with Gasteiger partial charge >= 0.3 is 0 Å². The van der Waals surface area contributed by atoms with Crippen LogP contribution in [0.4, 0.5) is 0 Å². The molecular formula is C16H18N2O. The maximum absolute atomic E-state index is 12.1. The number of hydrogen-bond acceptors (Lipinski definition) is 2. The Hall–Kier alpha value is -2.16. The van der Waals surface area contributed by atoms with E-state index in [0.29, 0.717) is 18.0 Å². The second-order valence-electron chi connectivity index (χ2n) is 4.82. The smallest absolute Gasteiger partial charge is 0.251 e. The second-order valence-corrected chi connectivity index (χ2v) is 4.82. The van der Waals surface area contributed by atoms with Crippen LogP contribution in [0.2, 0.25) is 0 Å². The third kappa shape index (κ3) is 3.65. The monoisotopic (exact) mass is 254 g/mol. The van der Waals surface area contributed by atoms with Crippen LogP contribution in [0.3, 0.4) is 0 Å². The lowest BCUT2D eigenvalue weighted by Crippen LogP contribution is -2.22. The molecule has 0 aliphatic carbocycles. The summed E-state index contributed by atoms with van der Waals surface area (Å²) in [5, 5.41) is 2.90. The Morgan fingerprint density at radius 3 is 2.79 bits per heavy atom. The molecule has 0 radical (unpaired) electrons. The largest absolute Gasteiger partial charge is 0.348 e. The zero-order valence-corrected chi connectivity index (χ0v) is 11.3. The van der Waals surface area contributed by atoms with E-state index in [0.717, 1.165) is 5.56 Å². The van der Waals surface area contributed by atoms with Crippen LogP contribution in [0.1, 0.15) is 41.3 Å². The molecule has 3 nitrogen and oxygen atoms in total. The molecule has 0 atom stereocenters. The maximum atomic E-state index is 12.1. The van der Waals surface area contributed by atoms with E-state index in [-0.39, 0.29) is 5.91 Å². The summed E-state index contributed by atoms with van der Waals surface area (Å²) in [7, 11) is 0. The van der Waals surface area contributed by atoms with Crippen molar-refractivity contribution in [1.82, 2.24) is 10.3 Å². The molecule has 0 saturated carbocycles. The van der Waals surface area contributed by atoms with Crippen molar-refractivity contribution in [1.29, 1.82) is 0 Å². The highest BCUT2D eigenvalue weighted by atomic mass is 16.1. The van der Waals surface area contributed by atoms with Gasteiger partial charge in [0.05, 0.1) is 0 Å². The van der Waals surface area contributed by atoms with Crippen molar-refractivity contribution >= 4 is 5.91 Å². The van der Waals surface area contributed by atoms with Gasteiger partial charge in [0.15, 0.2) is 0 Å². The number of carbonyl (C=O) groups excluding carboxylic acids is 1. The molecule has 0 saturated heterocycles. The van der Waals surface area contributed by atoms with E-state index >= 15 is 0 Å². The molecule has 0 aliphatic rings. The number of carbonyl (C=O) groups is 1. The van der Waals surface area contributed by atoms with Gasteiger partial charge in [-0.2, -0.15) is 0 Å². The Balaban J connectivity index is 2.02. The number of hydrogen-bond donors (Lipinski definition) is 1. The minimum absolute atomic E-state index is 0.0497. The molecule has 2 aromatic rings. The van der Waals surface area contributed by atoms with E-state index < -0.39 is 0 Å². The lowest BCUT2D eigenvalue weighted by molar-refractivity contribution is 0.0951. The number of aromatic nitrogens is 1. The first-order chi connectivity index (χ1) is 9.16. The number of pyridine rings is 1. The van der Waals surface area contributed by atoms with Crippen LogP contribution < -0.4 is 5.32 Å². The summed E-state index contributed by atoms with van der Waals surface area (Å²) in [6.45, 7) is 4.73. The summed E-state index contributed by atoms with van der Waals surface area (Å²) in [5.74, 6) is 0.373. The van der Waals surface area contributed by atoms with Crippen molar-refractivity contribution in [3.8, 4) is 0 Å². The average Bonchev–Trinajstić information content (AvgIpc) is 2.46. The zero-order valence-electron chi connectivity index (χ0n) is 11.3. The summed E-state index contributed by atoms with van der Waals surface area (Å²) < 4.78 is 0. The molecule has 98 valence electrons. The molecule has 0 spiro atoms. The van der Waals surface area contributed by atoms with Gasteiger partial charge in [0.2, 0.25) is 0 Å². The Morgan fingerprint density at radius 1 is 1.26 bits per heavy atom. The van der Waals surface area contributed by atoms with Crippen molar-refractivity contribution in [3.05, 3.63) is 65.5 Å². The lowest BCUT2D eigenvalue weighted by atomic mass is 10.0. The quantitative estimate of drug-likeness (QED) is 0.910. The summed E-state index contributed by atoms with van der Waals surface area (Å²) in [4.78, 5) is 16.1. The summed E-state index contributed by atoms with van der Waals surface area (Å²) in [6.07, 6.45) is 3.47. The van der Waals surface area contributed by atoms with Gasteiger partial charge in [0.25, 0.3) is 5.91 Å². The molecule has 0 bridgehead atoms. The van der Waals surface area contributed by atoms with E-state index in [1.54, 1.807) is 12.4 Å². The van der Waals surface area contributed by atoms with Crippen molar-refractivity contribution in [2.75, 3.05) is 0 Å². The Kier molecular flexibility index (Phi) is 4.29. The maximum Gasteiger partial charge on any atom is 0.251 e. The second kappa shape index (κ2) is 6.14. The number of nitrogens with zero attached hydrogens (tertiary/aromatic N) is 1. The molecule has 0 fully saturated rings. The van der Waals surface area contributed by atoms with E-state index in [1.165, 1.54) is 5.56 Å². The van der Waals surface area contributed by atoms with E-state index in [9.17, 15) is 4.79 Å². The number of benzene rings is 1. The molecule has 1 aromatic heterocycles. The van der Waals surface area contributed by atoms with Gasteiger partial charge in [0.1, 0.15) is 0 Å². The van der Waals surface area contributed by atoms with Gasteiger partial charge in [-0.1, -0.05) is 32.0 Å². The number of rotatable bonds is 4. The number of amides is 1. The highest BCUT2D eigenvalue weighted by Gasteiger charge is 2.07. The Bertz CT molecular complexity index is 550. The van der Waals surface area contributed by atoms with Gasteiger partial charge in [-0.15, -0.1) is 0 Å². The number of nitrogens with one attached hydrogen (secondary N) is 1. The zero-order chi connectivity index (χ0) is 13.7. The van der Waals surface area contributed by atoms with Gasteiger partial charge in [-0.25, -0.2) is 0 Å². The summed E-state index contributed by atoms with van der Waals surface area (Å²) >= 11 is 0. The highest BCUT2D eigenvalue weighted by Crippen LogP contribution is 2.15. The summed E-state index contributed by atoms with van der Waals surface area (Å²) in [5.41, 5.74) is 2.87. The first kappa shape index (κ1) is 13.3. The predicted molar refractivity (Wildman–Crippen MR) is 75.9 cm³/mol. The van der Waals surface area contributed by atoms with E-state index in [1.807, 2.05) is 36.4 Å². The van der Waals surface area contributed by atoms with Crippen LogP contribution in [-0.4, -0.2) is 10.9 Å². The van der Waals surface area contributed by atoms with Crippen LogP contribution in [0.5, 0.6) is 0 Å². The lowest BCUT2D eigenvalue weighted by Gasteiger charge is -2.09. The molecule has 1 N–H and O–H groups in total. The SMILES string of the molecule is CC(C)c1cccc(C(=O)NCc2cccnc2)c1. The van der Waals surface area contributed by atoms with Crippen LogP contribution in [0.25, 0.3) is 0 Å². The Morgan fingerprint density at radius 2 is 2.11 bits per heavy atom. The van der Waals surface area contributed by atoms with Crippen molar-refractivity contribution in [2.24, 2.45) is 0 Å². The average molecular weight is 254 g/mol. The Labute approximate surface area is 113 Å². The molecule has 3 heteroatoms. The topological polar surface area (TPSA) is 42.0 Å². The standard InChI is InChI=1S/C16H18N2O/c1-12(2)14-6-3-7-15(9-14)16(19)18-11-13-5-4-8-17-10-13/h3-10,12H,11H2,1-2H3,(H,18,19). The fraction of sp³-hybridized carbons (Fsp3) is 0.250. The fourth-order valence-electron chi connectivity index (χ4n) is 1.83. The first-order valence-electron chi connectivity index (χ1n) is 6.44. The fourth-order valence-corrected chi connectivity index (χ4v) is 1.83. The van der Waals surface area contributed by atoms with Crippen LogP contribution >= 0.6 is 0 Å². The van der Waals surface area contributed by atoms with Gasteiger partial charge < -0.3 is 5.32 Å². The predicted octanol–water partition coefficient (Wildman–Crippen LogP) is 3.14. The van der Waals surface area contributed by atoms with Gasteiger partial charge in [-0.3, -0.25) is 9.78 Å². The van der Waals surface area contributed by atoms with Crippen molar-refractivity contribution in [2.45, 2.75) is 26.3 Å².